The van der Waals surface area contributed by atoms with Gasteiger partial charge in [-0.3, -0.25) is 14.4 Å². The largest absolute Gasteiger partial charge is 0.466 e. The topological polar surface area (TPSA) is 126 Å². The molecular formula is C13H17IN4O5. The molecule has 0 spiro atoms. The highest BCUT2D eigenvalue weighted by Gasteiger charge is 2.40. The van der Waals surface area contributed by atoms with E-state index in [1.807, 2.05) is 22.6 Å². The highest BCUT2D eigenvalue weighted by atomic mass is 127. The molecule has 0 bridgehead atoms. The van der Waals surface area contributed by atoms with Gasteiger partial charge in [-0.2, -0.15) is 0 Å². The van der Waals surface area contributed by atoms with Crippen LogP contribution in [0.4, 0.5) is 0 Å². The molecule has 10 heteroatoms. The number of hydrogen-bond donors (Lipinski definition) is 1. The van der Waals surface area contributed by atoms with E-state index in [0.29, 0.717) is 16.5 Å². The van der Waals surface area contributed by atoms with Gasteiger partial charge in [0.25, 0.3) is 5.91 Å². The summed E-state index contributed by atoms with van der Waals surface area (Å²) in [6.07, 6.45) is 0.700. The van der Waals surface area contributed by atoms with E-state index in [2.05, 4.69) is 10.3 Å². The van der Waals surface area contributed by atoms with Gasteiger partial charge in [-0.25, -0.2) is 4.68 Å². The summed E-state index contributed by atoms with van der Waals surface area (Å²) < 4.78 is 12.4. The molecule has 1 heterocycles. The Morgan fingerprint density at radius 3 is 2.52 bits per heavy atom. The summed E-state index contributed by atoms with van der Waals surface area (Å²) in [6, 6.07) is -0.285. The van der Waals surface area contributed by atoms with Crippen molar-refractivity contribution in [2.75, 3.05) is 6.61 Å². The van der Waals surface area contributed by atoms with Gasteiger partial charge in [0.15, 0.2) is 5.69 Å². The normalized spacial score (nSPS) is 23.5. The molecule has 0 unspecified atom stereocenters. The standard InChI is InChI=1S/C13H17IN4O5/c1-6(19)22-5-8-3-9(10(4-8)23-7(2)20)18-12(14)11(13(15)21)16-17-18/h8-10H,3-5H2,1-2H3,(H2,15,21)/t8-,9+,10+/m1/s1. The van der Waals surface area contributed by atoms with Crippen LogP contribution in [0.15, 0.2) is 0 Å². The van der Waals surface area contributed by atoms with E-state index in [9.17, 15) is 14.4 Å². The second kappa shape index (κ2) is 7.23. The molecule has 1 aromatic rings. The van der Waals surface area contributed by atoms with Crippen molar-refractivity contribution in [3.05, 3.63) is 9.39 Å². The highest BCUT2D eigenvalue weighted by molar-refractivity contribution is 14.1. The first-order chi connectivity index (χ1) is 10.8. The molecule has 1 fully saturated rings. The predicted octanol–water partition coefficient (Wildman–Crippen LogP) is 0.427. The minimum absolute atomic E-state index is 0.0327. The Bertz CT molecular complexity index is 632. The summed E-state index contributed by atoms with van der Waals surface area (Å²) in [5, 5.41) is 7.74. The zero-order chi connectivity index (χ0) is 17.1. The van der Waals surface area contributed by atoms with Crippen LogP contribution in [0, 0.1) is 9.62 Å². The van der Waals surface area contributed by atoms with Crippen LogP contribution in [0.25, 0.3) is 0 Å². The Hall–Kier alpha value is -1.72. The van der Waals surface area contributed by atoms with E-state index >= 15 is 0 Å². The van der Waals surface area contributed by atoms with Crippen LogP contribution in [0.2, 0.25) is 0 Å². The molecule has 1 saturated carbocycles. The molecule has 2 rings (SSSR count). The van der Waals surface area contributed by atoms with Gasteiger partial charge in [-0.1, -0.05) is 5.21 Å². The summed E-state index contributed by atoms with van der Waals surface area (Å²) in [6.45, 7) is 2.92. The molecule has 23 heavy (non-hydrogen) atoms. The number of primary amides is 1. The maximum Gasteiger partial charge on any atom is 0.302 e. The highest BCUT2D eigenvalue weighted by Crippen LogP contribution is 2.38. The number of esters is 2. The van der Waals surface area contributed by atoms with Crippen LogP contribution in [-0.4, -0.2) is 45.6 Å². The second-order valence-corrected chi connectivity index (χ2v) is 6.41. The lowest BCUT2D eigenvalue weighted by molar-refractivity contribution is -0.148. The van der Waals surface area contributed by atoms with Crippen molar-refractivity contribution >= 4 is 40.4 Å². The lowest BCUT2D eigenvalue weighted by Crippen LogP contribution is -2.26. The fourth-order valence-corrected chi connectivity index (χ4v) is 3.52. The maximum atomic E-state index is 11.3. The number of carbonyl (C=O) groups is 3. The van der Waals surface area contributed by atoms with Gasteiger partial charge in [0, 0.05) is 13.8 Å². The van der Waals surface area contributed by atoms with E-state index in [1.165, 1.54) is 13.8 Å². The number of halogens is 1. The monoisotopic (exact) mass is 436 g/mol. The van der Waals surface area contributed by atoms with Crippen LogP contribution >= 0.6 is 22.6 Å². The number of hydrogen-bond acceptors (Lipinski definition) is 7. The van der Waals surface area contributed by atoms with Gasteiger partial charge < -0.3 is 15.2 Å². The van der Waals surface area contributed by atoms with E-state index in [4.69, 9.17) is 15.2 Å². The van der Waals surface area contributed by atoms with Crippen LogP contribution < -0.4 is 5.73 Å². The minimum Gasteiger partial charge on any atom is -0.466 e. The molecule has 0 aliphatic heterocycles. The van der Waals surface area contributed by atoms with Gasteiger partial charge in [-0.15, -0.1) is 5.10 Å². The maximum absolute atomic E-state index is 11.3. The third kappa shape index (κ3) is 4.18. The Kier molecular flexibility index (Phi) is 5.55. The van der Waals surface area contributed by atoms with Crippen LogP contribution in [0.3, 0.4) is 0 Å². The summed E-state index contributed by atoms with van der Waals surface area (Å²) in [5.74, 6) is -1.40. The molecule has 1 aromatic heterocycles. The predicted molar refractivity (Wildman–Crippen MR) is 85.2 cm³/mol. The van der Waals surface area contributed by atoms with Crippen molar-refractivity contribution < 1.29 is 23.9 Å². The van der Waals surface area contributed by atoms with Gasteiger partial charge in [0.1, 0.15) is 9.80 Å². The molecule has 0 aromatic carbocycles. The molecule has 0 radical (unpaired) electrons. The fraction of sp³-hybridized carbons (Fsp3) is 0.615. The number of aromatic nitrogens is 3. The lowest BCUT2D eigenvalue weighted by atomic mass is 10.1. The molecule has 126 valence electrons. The van der Waals surface area contributed by atoms with Crippen molar-refractivity contribution in [1.29, 1.82) is 0 Å². The average molecular weight is 436 g/mol. The second-order valence-electron chi connectivity index (χ2n) is 5.39. The van der Waals surface area contributed by atoms with Gasteiger partial charge in [0.05, 0.1) is 12.6 Å². The number of amides is 1. The summed E-state index contributed by atoms with van der Waals surface area (Å²) >= 11 is 1.94. The molecule has 1 amide bonds. The van der Waals surface area contributed by atoms with E-state index < -0.39 is 18.0 Å². The SMILES string of the molecule is CC(=O)OC[C@H]1C[C@H](OC(C)=O)[C@@H](n2nnc(C(N)=O)c2I)C1. The summed E-state index contributed by atoms with van der Waals surface area (Å²) in [4.78, 5) is 33.6. The van der Waals surface area contributed by atoms with Crippen molar-refractivity contribution in [2.24, 2.45) is 11.7 Å². The third-order valence-electron chi connectivity index (χ3n) is 3.59. The van der Waals surface area contributed by atoms with Gasteiger partial charge in [0.2, 0.25) is 0 Å². The van der Waals surface area contributed by atoms with Crippen LogP contribution in [0.1, 0.15) is 43.2 Å². The van der Waals surface area contributed by atoms with Crippen molar-refractivity contribution in [2.45, 2.75) is 38.8 Å². The number of ether oxygens (including phenoxy) is 2. The van der Waals surface area contributed by atoms with E-state index in [1.54, 1.807) is 4.68 Å². The number of rotatable bonds is 5. The molecule has 1 aliphatic carbocycles. The smallest absolute Gasteiger partial charge is 0.302 e. The Labute approximate surface area is 146 Å². The molecule has 1 aliphatic rings. The van der Waals surface area contributed by atoms with E-state index in [-0.39, 0.29) is 30.2 Å². The van der Waals surface area contributed by atoms with Crippen molar-refractivity contribution in [3.63, 3.8) is 0 Å². The third-order valence-corrected chi connectivity index (χ3v) is 4.60. The quantitative estimate of drug-likeness (QED) is 0.524. The fourth-order valence-electron chi connectivity index (χ4n) is 2.69. The first-order valence-electron chi connectivity index (χ1n) is 7.00. The zero-order valence-electron chi connectivity index (χ0n) is 12.7. The lowest BCUT2D eigenvalue weighted by Gasteiger charge is -2.19. The van der Waals surface area contributed by atoms with Crippen LogP contribution in [-0.2, 0) is 19.1 Å². The molecular weight excluding hydrogens is 419 g/mol. The molecule has 0 saturated heterocycles. The Balaban J connectivity index is 2.20. The molecule has 2 N–H and O–H groups in total. The molecule has 3 atom stereocenters. The van der Waals surface area contributed by atoms with Gasteiger partial charge >= 0.3 is 11.9 Å². The number of nitrogens with zero attached hydrogens (tertiary/aromatic N) is 3. The van der Waals surface area contributed by atoms with Crippen molar-refractivity contribution in [1.82, 2.24) is 15.0 Å². The average Bonchev–Trinajstić information content (AvgIpc) is 2.99. The van der Waals surface area contributed by atoms with Crippen LogP contribution in [0.5, 0.6) is 0 Å². The Morgan fingerprint density at radius 2 is 2.00 bits per heavy atom. The van der Waals surface area contributed by atoms with Crippen molar-refractivity contribution in [3.8, 4) is 0 Å². The number of nitrogens with two attached hydrogens (primary N) is 1. The molecule has 9 nitrogen and oxygen atoms in total. The first-order valence-corrected chi connectivity index (χ1v) is 8.08. The zero-order valence-corrected chi connectivity index (χ0v) is 14.8. The number of carbonyl (C=O) groups excluding carboxylic acids is 3. The Morgan fingerprint density at radius 1 is 1.30 bits per heavy atom. The minimum atomic E-state index is -0.667. The van der Waals surface area contributed by atoms with E-state index in [0.717, 1.165) is 0 Å². The van der Waals surface area contributed by atoms with Gasteiger partial charge in [-0.05, 0) is 41.4 Å². The summed E-state index contributed by atoms with van der Waals surface area (Å²) in [7, 11) is 0. The first kappa shape index (κ1) is 17.6. The summed E-state index contributed by atoms with van der Waals surface area (Å²) in [5.41, 5.74) is 5.33.